The molecule has 124 valence electrons. The lowest BCUT2D eigenvalue weighted by molar-refractivity contribution is -0.392. The zero-order chi connectivity index (χ0) is 17.4. The summed E-state index contributed by atoms with van der Waals surface area (Å²) < 4.78 is 40.3. The van der Waals surface area contributed by atoms with E-state index in [0.717, 1.165) is 10.6 Å². The smallest absolute Gasteiger partial charge is 0.358 e. The first-order valence-electron chi connectivity index (χ1n) is 6.22. The number of nitrogens with one attached hydrogen (secondary N) is 1. The quantitative estimate of drug-likeness (QED) is 0.361. The van der Waals surface area contributed by atoms with Gasteiger partial charge in [-0.05, 0) is 34.4 Å². The SMILES string of the molecule is CCSc1ccc(-c2c(Cl)[nH]c([N+](=O)[O-])c2C(F)(F)F)c(Br)c1. The molecule has 1 aromatic heterocycles. The molecule has 0 atom stereocenters. The standard InChI is InChI=1S/C13H9BrClF3N2O2S/c1-2-23-6-3-4-7(8(14)5-6)9-10(13(16,17)18)12(20(21)22)19-11(9)15/h3-5,19H,2H2,1H3. The fourth-order valence-corrected chi connectivity index (χ4v) is 3.79. The molecule has 0 spiro atoms. The topological polar surface area (TPSA) is 58.9 Å². The minimum absolute atomic E-state index is 0.132. The van der Waals surface area contributed by atoms with Crippen LogP contribution in [0.2, 0.25) is 5.15 Å². The van der Waals surface area contributed by atoms with E-state index < -0.39 is 33.2 Å². The fraction of sp³-hybridized carbons (Fsp3) is 0.231. The van der Waals surface area contributed by atoms with Gasteiger partial charge in [0.25, 0.3) is 0 Å². The Morgan fingerprint density at radius 3 is 2.57 bits per heavy atom. The summed E-state index contributed by atoms with van der Waals surface area (Å²) in [6, 6.07) is 4.75. The molecule has 0 radical (unpaired) electrons. The minimum Gasteiger partial charge on any atom is -0.358 e. The maximum absolute atomic E-state index is 13.3. The van der Waals surface area contributed by atoms with Crippen LogP contribution in [0.25, 0.3) is 11.1 Å². The number of nitrogens with zero attached hydrogens (tertiary/aromatic N) is 1. The van der Waals surface area contributed by atoms with E-state index in [0.29, 0.717) is 4.47 Å². The predicted octanol–water partition coefficient (Wildman–Crippen LogP) is 6.14. The molecule has 0 aliphatic rings. The zero-order valence-corrected chi connectivity index (χ0v) is 14.7. The molecule has 10 heteroatoms. The Morgan fingerprint density at radius 2 is 2.09 bits per heavy atom. The Morgan fingerprint density at radius 1 is 1.43 bits per heavy atom. The van der Waals surface area contributed by atoms with Gasteiger partial charge >= 0.3 is 12.0 Å². The van der Waals surface area contributed by atoms with E-state index in [-0.39, 0.29) is 5.56 Å². The molecule has 1 N–H and O–H groups in total. The van der Waals surface area contributed by atoms with Crippen molar-refractivity contribution in [1.82, 2.24) is 4.98 Å². The Bertz CT molecular complexity index is 764. The fourth-order valence-electron chi connectivity index (χ4n) is 2.08. The molecule has 1 heterocycles. The number of hydrogen-bond acceptors (Lipinski definition) is 3. The van der Waals surface area contributed by atoms with E-state index in [4.69, 9.17) is 11.6 Å². The van der Waals surface area contributed by atoms with Gasteiger partial charge in [-0.2, -0.15) is 13.2 Å². The summed E-state index contributed by atoms with van der Waals surface area (Å²) in [6.07, 6.45) is -4.92. The molecule has 0 aliphatic heterocycles. The van der Waals surface area contributed by atoms with Gasteiger partial charge in [0.1, 0.15) is 0 Å². The summed E-state index contributed by atoms with van der Waals surface area (Å²) in [5.41, 5.74) is -1.69. The molecular weight excluding hydrogens is 421 g/mol. The highest BCUT2D eigenvalue weighted by atomic mass is 79.9. The van der Waals surface area contributed by atoms with Gasteiger partial charge in [-0.25, -0.2) is 4.98 Å². The number of aromatic nitrogens is 1. The molecule has 0 bridgehead atoms. The molecule has 0 unspecified atom stereocenters. The van der Waals surface area contributed by atoms with E-state index in [1.165, 1.54) is 17.8 Å². The van der Waals surface area contributed by atoms with Crippen molar-refractivity contribution in [2.24, 2.45) is 0 Å². The van der Waals surface area contributed by atoms with Crippen LogP contribution in [0.4, 0.5) is 19.0 Å². The minimum atomic E-state index is -4.92. The molecule has 2 rings (SSSR count). The van der Waals surface area contributed by atoms with Crippen LogP contribution in [0, 0.1) is 10.1 Å². The Hall–Kier alpha value is -1.19. The third-order valence-electron chi connectivity index (χ3n) is 2.92. The molecule has 2 aromatic rings. The highest BCUT2D eigenvalue weighted by molar-refractivity contribution is 9.10. The first-order valence-corrected chi connectivity index (χ1v) is 8.38. The van der Waals surface area contributed by atoms with Crippen molar-refractivity contribution in [1.29, 1.82) is 0 Å². The van der Waals surface area contributed by atoms with Crippen molar-refractivity contribution >= 4 is 45.1 Å². The van der Waals surface area contributed by atoms with Crippen molar-refractivity contribution in [3.63, 3.8) is 0 Å². The molecule has 4 nitrogen and oxygen atoms in total. The molecular formula is C13H9BrClF3N2O2S. The van der Waals surface area contributed by atoms with Gasteiger partial charge in [0, 0.05) is 14.9 Å². The second kappa shape index (κ2) is 6.74. The first kappa shape index (κ1) is 18.2. The van der Waals surface area contributed by atoms with Crippen molar-refractivity contribution in [3.8, 4) is 11.1 Å². The van der Waals surface area contributed by atoms with Crippen LogP contribution in [0.3, 0.4) is 0 Å². The maximum Gasteiger partial charge on any atom is 0.425 e. The lowest BCUT2D eigenvalue weighted by Gasteiger charge is -2.10. The highest BCUT2D eigenvalue weighted by Crippen LogP contribution is 2.48. The van der Waals surface area contributed by atoms with Gasteiger partial charge in [0.05, 0.1) is 5.56 Å². The van der Waals surface area contributed by atoms with Crippen LogP contribution >= 0.6 is 39.3 Å². The normalized spacial score (nSPS) is 11.7. The summed E-state index contributed by atoms with van der Waals surface area (Å²) in [5, 5.41) is 10.5. The molecule has 0 fully saturated rings. The number of nitro groups is 1. The van der Waals surface area contributed by atoms with Gasteiger partial charge in [-0.15, -0.1) is 11.8 Å². The lowest BCUT2D eigenvalue weighted by Crippen LogP contribution is -2.08. The van der Waals surface area contributed by atoms with Crippen LogP contribution in [-0.4, -0.2) is 15.7 Å². The summed E-state index contributed by atoms with van der Waals surface area (Å²) in [4.78, 5) is 12.6. The average molecular weight is 430 g/mol. The number of rotatable bonds is 4. The number of H-pyrrole nitrogens is 1. The number of benzene rings is 1. The van der Waals surface area contributed by atoms with E-state index in [2.05, 4.69) is 15.9 Å². The van der Waals surface area contributed by atoms with E-state index in [1.54, 1.807) is 12.1 Å². The van der Waals surface area contributed by atoms with Crippen LogP contribution in [0.1, 0.15) is 12.5 Å². The van der Waals surface area contributed by atoms with Crippen molar-refractivity contribution in [3.05, 3.63) is 43.5 Å². The maximum atomic E-state index is 13.3. The Labute approximate surface area is 146 Å². The lowest BCUT2D eigenvalue weighted by atomic mass is 10.0. The highest BCUT2D eigenvalue weighted by Gasteiger charge is 2.45. The third-order valence-corrected chi connectivity index (χ3v) is 4.74. The summed E-state index contributed by atoms with van der Waals surface area (Å²) in [6.45, 7) is 1.95. The average Bonchev–Trinajstić information content (AvgIpc) is 2.77. The third kappa shape index (κ3) is 3.67. The second-order valence-corrected chi connectivity index (χ2v) is 6.94. The molecule has 0 saturated heterocycles. The van der Waals surface area contributed by atoms with Crippen molar-refractivity contribution < 1.29 is 18.1 Å². The molecule has 1 aromatic carbocycles. The number of hydrogen-bond donors (Lipinski definition) is 1. The van der Waals surface area contributed by atoms with Crippen LogP contribution in [0.15, 0.2) is 27.6 Å². The molecule has 0 amide bonds. The second-order valence-electron chi connectivity index (χ2n) is 4.37. The van der Waals surface area contributed by atoms with E-state index in [9.17, 15) is 23.3 Å². The van der Waals surface area contributed by atoms with Gasteiger partial charge in [0.15, 0.2) is 5.56 Å². The summed E-state index contributed by atoms with van der Waals surface area (Å²) >= 11 is 10.5. The van der Waals surface area contributed by atoms with Crippen molar-refractivity contribution in [2.45, 2.75) is 18.0 Å². The molecule has 23 heavy (non-hydrogen) atoms. The molecule has 0 aliphatic carbocycles. The van der Waals surface area contributed by atoms with Crippen LogP contribution in [-0.2, 0) is 6.18 Å². The van der Waals surface area contributed by atoms with Crippen LogP contribution < -0.4 is 0 Å². The Balaban J connectivity index is 2.71. The van der Waals surface area contributed by atoms with E-state index in [1.807, 2.05) is 11.9 Å². The van der Waals surface area contributed by atoms with Crippen molar-refractivity contribution in [2.75, 3.05) is 5.75 Å². The van der Waals surface area contributed by atoms with E-state index >= 15 is 0 Å². The van der Waals surface area contributed by atoms with Gasteiger partial charge in [-0.3, -0.25) is 0 Å². The number of alkyl halides is 3. The number of aromatic amines is 1. The van der Waals surface area contributed by atoms with Gasteiger partial charge in [0.2, 0.25) is 5.15 Å². The number of thioether (sulfide) groups is 1. The van der Waals surface area contributed by atoms with Gasteiger partial charge in [-0.1, -0.05) is 28.9 Å². The first-order chi connectivity index (χ1) is 10.7. The van der Waals surface area contributed by atoms with Crippen LogP contribution in [0.5, 0.6) is 0 Å². The summed E-state index contributed by atoms with van der Waals surface area (Å²) in [7, 11) is 0. The zero-order valence-electron chi connectivity index (χ0n) is 11.5. The van der Waals surface area contributed by atoms with Gasteiger partial charge < -0.3 is 10.1 Å². The monoisotopic (exact) mass is 428 g/mol. The Kier molecular flexibility index (Phi) is 5.32. The largest absolute Gasteiger partial charge is 0.425 e. The molecule has 0 saturated carbocycles. The summed E-state index contributed by atoms with van der Waals surface area (Å²) in [5.74, 6) is -0.368. The predicted molar refractivity (Wildman–Crippen MR) is 87.0 cm³/mol. The number of halogens is 5.